The van der Waals surface area contributed by atoms with E-state index in [1.165, 1.54) is 25.7 Å². The van der Waals surface area contributed by atoms with Gasteiger partial charge in [0.2, 0.25) is 5.91 Å². The third-order valence-corrected chi connectivity index (χ3v) is 5.16. The molecule has 1 saturated heterocycles. The molecule has 1 aromatic rings. The van der Waals surface area contributed by atoms with E-state index in [4.69, 9.17) is 4.74 Å². The van der Waals surface area contributed by atoms with Gasteiger partial charge >= 0.3 is 0 Å². The fourth-order valence-electron chi connectivity index (χ4n) is 3.76. The maximum atomic E-state index is 12.5. The second-order valence-corrected chi connectivity index (χ2v) is 6.60. The van der Waals surface area contributed by atoms with Crippen LogP contribution in [0.1, 0.15) is 50.7 Å². The number of nitrogens with one attached hydrogen (secondary N) is 2. The summed E-state index contributed by atoms with van der Waals surface area (Å²) in [6, 6.07) is 8.41. The fourth-order valence-corrected chi connectivity index (χ4v) is 3.76. The minimum atomic E-state index is -0.0448. The van der Waals surface area contributed by atoms with Crippen LogP contribution in [0.4, 0.5) is 5.69 Å². The summed E-state index contributed by atoms with van der Waals surface area (Å²) in [5.74, 6) is 0.779. The smallest absolute Gasteiger partial charge is 0.241 e. The number of carbonyl (C=O) groups is 1. The van der Waals surface area contributed by atoms with Crippen molar-refractivity contribution in [2.75, 3.05) is 12.4 Å². The topological polar surface area (TPSA) is 50.4 Å². The Balaban J connectivity index is 1.62. The molecule has 1 amide bonds. The van der Waals surface area contributed by atoms with E-state index in [1.54, 1.807) is 7.11 Å². The standard InChI is InChI=1S/C18H26N2O2/c1-12(22-2)13-7-5-8-15(10-13)19-18(21)17-11-14-6-3-4-9-16(14)20-17/h5,7-8,10,12,14,16-17,20H,3-4,6,9,11H2,1-2H3,(H,19,21). The molecule has 1 heterocycles. The lowest BCUT2D eigenvalue weighted by Crippen LogP contribution is -2.39. The van der Waals surface area contributed by atoms with Gasteiger partial charge in [0, 0.05) is 18.8 Å². The lowest BCUT2D eigenvalue weighted by molar-refractivity contribution is -0.117. The van der Waals surface area contributed by atoms with Crippen molar-refractivity contribution in [2.24, 2.45) is 5.92 Å². The zero-order valence-electron chi connectivity index (χ0n) is 13.5. The molecule has 4 heteroatoms. The predicted molar refractivity (Wildman–Crippen MR) is 87.8 cm³/mol. The molecule has 0 radical (unpaired) electrons. The summed E-state index contributed by atoms with van der Waals surface area (Å²) in [6.45, 7) is 2.00. The highest BCUT2D eigenvalue weighted by Crippen LogP contribution is 2.33. The van der Waals surface area contributed by atoms with Crippen LogP contribution >= 0.6 is 0 Å². The number of rotatable bonds is 4. The number of benzene rings is 1. The molecule has 2 aliphatic rings. The number of amides is 1. The van der Waals surface area contributed by atoms with E-state index in [1.807, 2.05) is 31.2 Å². The van der Waals surface area contributed by atoms with E-state index < -0.39 is 0 Å². The molecular weight excluding hydrogens is 276 g/mol. The van der Waals surface area contributed by atoms with Gasteiger partial charge in [-0.2, -0.15) is 0 Å². The molecule has 3 rings (SSSR count). The minimum Gasteiger partial charge on any atom is -0.377 e. The van der Waals surface area contributed by atoms with Crippen LogP contribution in [0.3, 0.4) is 0 Å². The number of hydrogen-bond donors (Lipinski definition) is 2. The van der Waals surface area contributed by atoms with Crippen LogP contribution in [0, 0.1) is 5.92 Å². The number of anilines is 1. The first-order valence-electron chi connectivity index (χ1n) is 8.37. The molecule has 1 saturated carbocycles. The average molecular weight is 302 g/mol. The Labute approximate surface area is 132 Å². The first kappa shape index (κ1) is 15.5. The van der Waals surface area contributed by atoms with E-state index in [-0.39, 0.29) is 18.1 Å². The maximum absolute atomic E-state index is 12.5. The maximum Gasteiger partial charge on any atom is 0.241 e. The van der Waals surface area contributed by atoms with Gasteiger partial charge in [-0.1, -0.05) is 25.0 Å². The van der Waals surface area contributed by atoms with Crippen molar-refractivity contribution in [1.82, 2.24) is 5.32 Å². The molecule has 4 atom stereocenters. The normalized spacial score (nSPS) is 28.9. The quantitative estimate of drug-likeness (QED) is 0.897. The second kappa shape index (κ2) is 6.80. The summed E-state index contributed by atoms with van der Waals surface area (Å²) in [5.41, 5.74) is 1.93. The molecule has 0 aromatic heterocycles. The third kappa shape index (κ3) is 3.33. The Kier molecular flexibility index (Phi) is 4.79. The summed E-state index contributed by atoms with van der Waals surface area (Å²) in [6.07, 6.45) is 6.10. The molecule has 4 unspecified atom stereocenters. The SMILES string of the molecule is COC(C)c1cccc(NC(=O)C2CC3CCCCC3N2)c1. The molecule has 0 bridgehead atoms. The lowest BCUT2D eigenvalue weighted by atomic mass is 9.85. The van der Waals surface area contributed by atoms with Gasteiger partial charge in [0.1, 0.15) is 0 Å². The lowest BCUT2D eigenvalue weighted by Gasteiger charge is -2.24. The molecule has 0 spiro atoms. The van der Waals surface area contributed by atoms with Crippen LogP contribution in [0.15, 0.2) is 24.3 Å². The van der Waals surface area contributed by atoms with Crippen LogP contribution < -0.4 is 10.6 Å². The van der Waals surface area contributed by atoms with Gasteiger partial charge in [-0.25, -0.2) is 0 Å². The molecule has 1 aromatic carbocycles. The summed E-state index contributed by atoms with van der Waals surface area (Å²) in [7, 11) is 1.69. The number of methoxy groups -OCH3 is 1. The van der Waals surface area contributed by atoms with E-state index in [9.17, 15) is 4.79 Å². The molecular formula is C18H26N2O2. The number of hydrogen-bond acceptors (Lipinski definition) is 3. The van der Waals surface area contributed by atoms with Crippen LogP contribution in [0.25, 0.3) is 0 Å². The Bertz CT molecular complexity index is 518. The molecule has 22 heavy (non-hydrogen) atoms. The zero-order valence-corrected chi connectivity index (χ0v) is 13.5. The summed E-state index contributed by atoms with van der Waals surface area (Å²) >= 11 is 0. The van der Waals surface area contributed by atoms with Gasteiger partial charge in [0.05, 0.1) is 12.1 Å². The van der Waals surface area contributed by atoms with Crippen molar-refractivity contribution in [1.29, 1.82) is 0 Å². The van der Waals surface area contributed by atoms with Gasteiger partial charge in [-0.05, 0) is 49.8 Å². The monoisotopic (exact) mass is 302 g/mol. The Morgan fingerprint density at radius 2 is 2.18 bits per heavy atom. The second-order valence-electron chi connectivity index (χ2n) is 6.60. The predicted octanol–water partition coefficient (Wildman–Crippen LogP) is 3.25. The minimum absolute atomic E-state index is 0.0318. The molecule has 2 N–H and O–H groups in total. The van der Waals surface area contributed by atoms with E-state index in [0.29, 0.717) is 12.0 Å². The fraction of sp³-hybridized carbons (Fsp3) is 0.611. The van der Waals surface area contributed by atoms with E-state index in [0.717, 1.165) is 17.7 Å². The largest absolute Gasteiger partial charge is 0.377 e. The van der Waals surface area contributed by atoms with E-state index in [2.05, 4.69) is 10.6 Å². The molecule has 120 valence electrons. The highest BCUT2D eigenvalue weighted by molar-refractivity contribution is 5.95. The van der Waals surface area contributed by atoms with Crippen molar-refractivity contribution in [3.63, 3.8) is 0 Å². The van der Waals surface area contributed by atoms with Crippen molar-refractivity contribution in [3.05, 3.63) is 29.8 Å². The van der Waals surface area contributed by atoms with Crippen LogP contribution in [0.5, 0.6) is 0 Å². The first-order chi connectivity index (χ1) is 10.7. The Hall–Kier alpha value is -1.39. The zero-order chi connectivity index (χ0) is 15.5. The Morgan fingerprint density at radius 3 is 2.95 bits per heavy atom. The van der Waals surface area contributed by atoms with Crippen LogP contribution in [-0.4, -0.2) is 25.1 Å². The molecule has 1 aliphatic carbocycles. The van der Waals surface area contributed by atoms with Gasteiger partial charge in [0.25, 0.3) is 0 Å². The summed E-state index contributed by atoms with van der Waals surface area (Å²) in [5, 5.41) is 6.58. The third-order valence-electron chi connectivity index (χ3n) is 5.16. The van der Waals surface area contributed by atoms with Gasteiger partial charge < -0.3 is 15.4 Å². The number of carbonyl (C=O) groups excluding carboxylic acids is 1. The molecule has 4 nitrogen and oxygen atoms in total. The van der Waals surface area contributed by atoms with Crippen LogP contribution in [-0.2, 0) is 9.53 Å². The number of ether oxygens (including phenoxy) is 1. The summed E-state index contributed by atoms with van der Waals surface area (Å²) in [4.78, 5) is 12.5. The highest BCUT2D eigenvalue weighted by Gasteiger charge is 2.38. The van der Waals surface area contributed by atoms with Crippen molar-refractivity contribution >= 4 is 11.6 Å². The average Bonchev–Trinajstić information content (AvgIpc) is 2.98. The van der Waals surface area contributed by atoms with Crippen molar-refractivity contribution in [3.8, 4) is 0 Å². The summed E-state index contributed by atoms with van der Waals surface area (Å²) < 4.78 is 5.34. The van der Waals surface area contributed by atoms with E-state index >= 15 is 0 Å². The molecule has 2 fully saturated rings. The van der Waals surface area contributed by atoms with Crippen LogP contribution in [0.2, 0.25) is 0 Å². The van der Waals surface area contributed by atoms with Crippen molar-refractivity contribution in [2.45, 2.75) is 57.2 Å². The Morgan fingerprint density at radius 1 is 1.36 bits per heavy atom. The van der Waals surface area contributed by atoms with Gasteiger partial charge in [-0.15, -0.1) is 0 Å². The van der Waals surface area contributed by atoms with Crippen molar-refractivity contribution < 1.29 is 9.53 Å². The highest BCUT2D eigenvalue weighted by atomic mass is 16.5. The molecule has 1 aliphatic heterocycles. The van der Waals surface area contributed by atoms with Gasteiger partial charge in [-0.3, -0.25) is 4.79 Å². The number of fused-ring (bicyclic) bond motifs is 1. The van der Waals surface area contributed by atoms with Gasteiger partial charge in [0.15, 0.2) is 0 Å². The first-order valence-corrected chi connectivity index (χ1v) is 8.37.